The molecule has 0 N–H and O–H groups in total. The third kappa shape index (κ3) is 3.00. The smallest absolute Gasteiger partial charge is 0.115 e. The Hall–Kier alpha value is -0.550. The van der Waals surface area contributed by atoms with Gasteiger partial charge in [-0.25, -0.2) is 4.98 Å². The average Bonchev–Trinajstić information content (AvgIpc) is 2.79. The number of rotatable bonds is 3. The number of nitrogens with zero attached hydrogens (tertiary/aromatic N) is 2. The summed E-state index contributed by atoms with van der Waals surface area (Å²) < 4.78 is 3.98. The maximum absolute atomic E-state index is 6.08. The van der Waals surface area contributed by atoms with Crippen molar-refractivity contribution in [3.8, 4) is 5.69 Å². The molecule has 0 fully saturated rings. The van der Waals surface area contributed by atoms with Gasteiger partial charge in [-0.1, -0.05) is 27.5 Å². The maximum Gasteiger partial charge on any atom is 0.115 e. The molecule has 1 heterocycles. The number of aryl methyl sites for hydroxylation is 1. The van der Waals surface area contributed by atoms with E-state index in [-0.39, 0.29) is 0 Å². The van der Waals surface area contributed by atoms with E-state index in [1.165, 1.54) is 0 Å². The van der Waals surface area contributed by atoms with Crippen molar-refractivity contribution in [2.75, 3.05) is 5.88 Å². The predicted molar refractivity (Wildman–Crippen MR) is 95.9 cm³/mol. The van der Waals surface area contributed by atoms with Crippen molar-refractivity contribution in [3.05, 3.63) is 56.2 Å². The molecule has 21 heavy (non-hydrogen) atoms. The van der Waals surface area contributed by atoms with Gasteiger partial charge in [0, 0.05) is 26.9 Å². The van der Waals surface area contributed by atoms with Crippen LogP contribution in [-0.2, 0) is 6.42 Å². The fourth-order valence-corrected chi connectivity index (χ4v) is 3.27. The van der Waals surface area contributed by atoms with Gasteiger partial charge in [0.1, 0.15) is 5.82 Å². The second kappa shape index (κ2) is 6.29. The molecule has 2 nitrogen and oxygen atoms in total. The van der Waals surface area contributed by atoms with Crippen molar-refractivity contribution >= 4 is 66.1 Å². The maximum atomic E-state index is 6.08. The van der Waals surface area contributed by atoms with E-state index >= 15 is 0 Å². The van der Waals surface area contributed by atoms with Crippen LogP contribution in [0.3, 0.4) is 0 Å². The quantitative estimate of drug-likeness (QED) is 0.450. The molecule has 0 unspecified atom stereocenters. The highest BCUT2D eigenvalue weighted by molar-refractivity contribution is 9.10. The summed E-state index contributed by atoms with van der Waals surface area (Å²) in [5.41, 5.74) is 3.00. The van der Waals surface area contributed by atoms with E-state index in [0.29, 0.717) is 17.3 Å². The normalized spacial score (nSPS) is 11.2. The predicted octanol–water partition coefficient (Wildman–Crippen LogP) is 5.99. The lowest BCUT2D eigenvalue weighted by Crippen LogP contribution is -2.02. The third-order valence-electron chi connectivity index (χ3n) is 3.17. The van der Waals surface area contributed by atoms with Crippen LogP contribution < -0.4 is 0 Å². The van der Waals surface area contributed by atoms with Crippen LogP contribution in [0, 0.1) is 0 Å². The van der Waals surface area contributed by atoms with Crippen molar-refractivity contribution in [3.63, 3.8) is 0 Å². The van der Waals surface area contributed by atoms with Crippen molar-refractivity contribution in [1.29, 1.82) is 0 Å². The SMILES string of the molecule is ClCCc1nc2cc(Br)ccc2n1-c1ccc(Cl)c(Br)c1. The molecule has 2 aromatic carbocycles. The van der Waals surface area contributed by atoms with Crippen LogP contribution >= 0.6 is 55.1 Å². The molecule has 0 aliphatic rings. The summed E-state index contributed by atoms with van der Waals surface area (Å²) in [4.78, 5) is 4.69. The molecule has 1 aromatic heterocycles. The van der Waals surface area contributed by atoms with Crippen LogP contribution in [0.5, 0.6) is 0 Å². The molecule has 0 amide bonds. The van der Waals surface area contributed by atoms with Gasteiger partial charge in [0.25, 0.3) is 0 Å². The number of fused-ring (bicyclic) bond motifs is 1. The number of aromatic nitrogens is 2. The van der Waals surface area contributed by atoms with Crippen LogP contribution in [-0.4, -0.2) is 15.4 Å². The van der Waals surface area contributed by atoms with E-state index in [9.17, 15) is 0 Å². The minimum absolute atomic E-state index is 0.527. The summed E-state index contributed by atoms with van der Waals surface area (Å²) in [6, 6.07) is 11.9. The first-order valence-electron chi connectivity index (χ1n) is 6.28. The van der Waals surface area contributed by atoms with Crippen LogP contribution in [0.15, 0.2) is 45.3 Å². The lowest BCUT2D eigenvalue weighted by atomic mass is 10.2. The van der Waals surface area contributed by atoms with Crippen molar-refractivity contribution < 1.29 is 0 Å². The second-order valence-electron chi connectivity index (χ2n) is 4.53. The van der Waals surface area contributed by atoms with E-state index in [2.05, 4.69) is 36.4 Å². The monoisotopic (exact) mass is 446 g/mol. The van der Waals surface area contributed by atoms with Crippen molar-refractivity contribution in [1.82, 2.24) is 9.55 Å². The third-order valence-corrected chi connectivity index (χ3v) is 5.06. The number of hydrogen-bond acceptors (Lipinski definition) is 1. The van der Waals surface area contributed by atoms with E-state index < -0.39 is 0 Å². The van der Waals surface area contributed by atoms with Gasteiger partial charge in [-0.05, 0) is 52.3 Å². The Bertz CT molecular complexity index is 815. The zero-order valence-electron chi connectivity index (χ0n) is 10.8. The minimum atomic E-state index is 0.527. The van der Waals surface area contributed by atoms with E-state index in [1.54, 1.807) is 0 Å². The number of hydrogen-bond donors (Lipinski definition) is 0. The average molecular weight is 449 g/mol. The van der Waals surface area contributed by atoms with Gasteiger partial charge >= 0.3 is 0 Å². The molecule has 0 saturated heterocycles. The van der Waals surface area contributed by atoms with Gasteiger partial charge in [-0.3, -0.25) is 4.57 Å². The van der Waals surface area contributed by atoms with Gasteiger partial charge in [-0.15, -0.1) is 11.6 Å². The molecular formula is C15H10Br2Cl2N2. The van der Waals surface area contributed by atoms with Gasteiger partial charge in [-0.2, -0.15) is 0 Å². The van der Waals surface area contributed by atoms with Crippen LogP contribution in [0.25, 0.3) is 16.7 Å². The van der Waals surface area contributed by atoms with Gasteiger partial charge in [0.15, 0.2) is 0 Å². The fourth-order valence-electron chi connectivity index (χ4n) is 2.27. The molecule has 6 heteroatoms. The Morgan fingerprint density at radius 2 is 1.90 bits per heavy atom. The molecule has 0 aliphatic carbocycles. The highest BCUT2D eigenvalue weighted by Gasteiger charge is 2.13. The summed E-state index contributed by atoms with van der Waals surface area (Å²) >= 11 is 19.0. The summed E-state index contributed by atoms with van der Waals surface area (Å²) in [7, 11) is 0. The Morgan fingerprint density at radius 1 is 1.10 bits per heavy atom. The molecule has 0 atom stereocenters. The first kappa shape index (κ1) is 15.3. The zero-order valence-corrected chi connectivity index (χ0v) is 15.5. The molecule has 0 spiro atoms. The Kier molecular flexibility index (Phi) is 4.60. The van der Waals surface area contributed by atoms with Gasteiger partial charge in [0.2, 0.25) is 0 Å². The Balaban J connectivity index is 2.27. The van der Waals surface area contributed by atoms with Gasteiger partial charge in [0.05, 0.1) is 16.1 Å². The number of imidazole rings is 1. The van der Waals surface area contributed by atoms with Gasteiger partial charge < -0.3 is 0 Å². The molecule has 0 radical (unpaired) electrons. The highest BCUT2D eigenvalue weighted by Crippen LogP contribution is 2.29. The second-order valence-corrected chi connectivity index (χ2v) is 7.09. The topological polar surface area (TPSA) is 17.8 Å². The van der Waals surface area contributed by atoms with E-state index in [1.807, 2.05) is 36.4 Å². The molecular weight excluding hydrogens is 439 g/mol. The lowest BCUT2D eigenvalue weighted by molar-refractivity contribution is 0.912. The highest BCUT2D eigenvalue weighted by atomic mass is 79.9. The summed E-state index contributed by atoms with van der Waals surface area (Å²) in [5, 5.41) is 0.685. The molecule has 0 aliphatic heterocycles. The van der Waals surface area contributed by atoms with Crippen LogP contribution in [0.1, 0.15) is 5.82 Å². The number of halogens is 4. The zero-order chi connectivity index (χ0) is 15.0. The van der Waals surface area contributed by atoms with Crippen molar-refractivity contribution in [2.24, 2.45) is 0 Å². The lowest BCUT2D eigenvalue weighted by Gasteiger charge is -2.10. The van der Waals surface area contributed by atoms with Crippen LogP contribution in [0.4, 0.5) is 0 Å². The van der Waals surface area contributed by atoms with Crippen molar-refractivity contribution in [2.45, 2.75) is 6.42 Å². The standard InChI is InChI=1S/C15H10Br2Cl2N2/c16-9-1-4-14-13(7-9)20-15(5-6-18)21(14)10-2-3-12(19)11(17)8-10/h1-4,7-8H,5-6H2. The van der Waals surface area contributed by atoms with E-state index in [0.717, 1.165) is 31.5 Å². The molecule has 3 aromatic rings. The largest absolute Gasteiger partial charge is 0.296 e. The molecule has 0 bridgehead atoms. The number of benzene rings is 2. The first-order valence-corrected chi connectivity index (χ1v) is 8.78. The minimum Gasteiger partial charge on any atom is -0.296 e. The Morgan fingerprint density at radius 3 is 2.62 bits per heavy atom. The summed E-state index contributed by atoms with van der Waals surface area (Å²) in [6.07, 6.45) is 0.702. The number of alkyl halides is 1. The first-order chi connectivity index (χ1) is 10.1. The van der Waals surface area contributed by atoms with E-state index in [4.69, 9.17) is 28.2 Å². The molecule has 3 rings (SSSR count). The van der Waals surface area contributed by atoms with Crippen LogP contribution in [0.2, 0.25) is 5.02 Å². The molecule has 0 saturated carbocycles. The fraction of sp³-hybridized carbons (Fsp3) is 0.133. The summed E-state index contributed by atoms with van der Waals surface area (Å²) in [5.74, 6) is 1.46. The summed E-state index contributed by atoms with van der Waals surface area (Å²) in [6.45, 7) is 0. The Labute approximate surface area is 149 Å². The molecule has 108 valence electrons.